The third-order valence-corrected chi connectivity index (χ3v) is 2.62. The molecule has 0 unspecified atom stereocenters. The molecule has 0 saturated carbocycles. The molecule has 1 aromatic heterocycles. The fraction of sp³-hybridized carbons (Fsp3) is 0.545. The zero-order valence-corrected chi connectivity index (χ0v) is 10.1. The van der Waals surface area contributed by atoms with Gasteiger partial charge in [-0.1, -0.05) is 13.8 Å². The molecule has 0 spiro atoms. The van der Waals surface area contributed by atoms with Gasteiger partial charge in [0.15, 0.2) is 0 Å². The van der Waals surface area contributed by atoms with Gasteiger partial charge in [-0.25, -0.2) is 0 Å². The number of nitrogens with one attached hydrogen (secondary N) is 2. The molecule has 0 aliphatic heterocycles. The number of hydrogen-bond donors (Lipinski definition) is 2. The summed E-state index contributed by atoms with van der Waals surface area (Å²) in [5.74, 6) is 0.0963. The molecule has 1 heterocycles. The van der Waals surface area contributed by atoms with Crippen LogP contribution in [0, 0.1) is 0 Å². The SMILES string of the molecule is CC(C)NCCCC(=O)Nc1ccsc1. The quantitative estimate of drug-likeness (QED) is 0.732. The summed E-state index contributed by atoms with van der Waals surface area (Å²) >= 11 is 1.59. The number of carbonyl (C=O) groups is 1. The summed E-state index contributed by atoms with van der Waals surface area (Å²) in [5, 5.41) is 10.0. The molecule has 15 heavy (non-hydrogen) atoms. The lowest BCUT2D eigenvalue weighted by atomic mass is 10.2. The highest BCUT2D eigenvalue weighted by Crippen LogP contribution is 2.11. The van der Waals surface area contributed by atoms with Crippen molar-refractivity contribution in [1.82, 2.24) is 5.32 Å². The minimum absolute atomic E-state index is 0.0963. The zero-order valence-electron chi connectivity index (χ0n) is 9.25. The van der Waals surface area contributed by atoms with Gasteiger partial charge >= 0.3 is 0 Å². The van der Waals surface area contributed by atoms with Crippen LogP contribution in [0.3, 0.4) is 0 Å². The van der Waals surface area contributed by atoms with Gasteiger partial charge in [0.2, 0.25) is 5.91 Å². The van der Waals surface area contributed by atoms with Gasteiger partial charge in [0.25, 0.3) is 0 Å². The van der Waals surface area contributed by atoms with Crippen LogP contribution in [0.5, 0.6) is 0 Å². The minimum Gasteiger partial charge on any atom is -0.325 e. The van der Waals surface area contributed by atoms with E-state index in [0.29, 0.717) is 12.5 Å². The van der Waals surface area contributed by atoms with E-state index >= 15 is 0 Å². The van der Waals surface area contributed by atoms with Crippen LogP contribution in [0.25, 0.3) is 0 Å². The van der Waals surface area contributed by atoms with Crippen molar-refractivity contribution >= 4 is 22.9 Å². The molecule has 0 saturated heterocycles. The topological polar surface area (TPSA) is 41.1 Å². The van der Waals surface area contributed by atoms with Crippen LogP contribution in [-0.2, 0) is 4.79 Å². The van der Waals surface area contributed by atoms with Crippen LogP contribution >= 0.6 is 11.3 Å². The molecule has 1 aromatic rings. The highest BCUT2D eigenvalue weighted by molar-refractivity contribution is 7.08. The summed E-state index contributed by atoms with van der Waals surface area (Å²) in [6.45, 7) is 5.10. The van der Waals surface area contributed by atoms with E-state index in [-0.39, 0.29) is 5.91 Å². The normalized spacial score (nSPS) is 10.6. The Labute approximate surface area is 94.9 Å². The van der Waals surface area contributed by atoms with Crippen molar-refractivity contribution < 1.29 is 4.79 Å². The molecule has 0 atom stereocenters. The van der Waals surface area contributed by atoms with Gasteiger partial charge in [0.05, 0.1) is 5.69 Å². The van der Waals surface area contributed by atoms with E-state index in [1.54, 1.807) is 11.3 Å². The molecule has 3 nitrogen and oxygen atoms in total. The molecule has 4 heteroatoms. The summed E-state index contributed by atoms with van der Waals surface area (Å²) in [7, 11) is 0. The summed E-state index contributed by atoms with van der Waals surface area (Å²) in [6, 6.07) is 2.40. The second kappa shape index (κ2) is 6.58. The monoisotopic (exact) mass is 226 g/mol. The predicted molar refractivity (Wildman–Crippen MR) is 65.3 cm³/mol. The Balaban J connectivity index is 2.09. The Kier molecular flexibility index (Phi) is 5.36. The number of hydrogen-bond acceptors (Lipinski definition) is 3. The van der Waals surface area contributed by atoms with Crippen LogP contribution in [0.4, 0.5) is 5.69 Å². The molecule has 2 N–H and O–H groups in total. The fourth-order valence-corrected chi connectivity index (χ4v) is 1.79. The fourth-order valence-electron chi connectivity index (χ4n) is 1.20. The lowest BCUT2D eigenvalue weighted by Gasteiger charge is -2.07. The summed E-state index contributed by atoms with van der Waals surface area (Å²) in [5.41, 5.74) is 0.904. The van der Waals surface area contributed by atoms with Crippen molar-refractivity contribution in [3.05, 3.63) is 16.8 Å². The van der Waals surface area contributed by atoms with E-state index in [1.807, 2.05) is 16.8 Å². The molecule has 84 valence electrons. The van der Waals surface area contributed by atoms with Crippen molar-refractivity contribution in [2.75, 3.05) is 11.9 Å². The van der Waals surface area contributed by atoms with E-state index < -0.39 is 0 Å². The van der Waals surface area contributed by atoms with Crippen LogP contribution in [0.15, 0.2) is 16.8 Å². The largest absolute Gasteiger partial charge is 0.325 e. The highest BCUT2D eigenvalue weighted by Gasteiger charge is 2.02. The summed E-state index contributed by atoms with van der Waals surface area (Å²) < 4.78 is 0. The second-order valence-electron chi connectivity index (χ2n) is 3.77. The lowest BCUT2D eigenvalue weighted by molar-refractivity contribution is -0.116. The van der Waals surface area contributed by atoms with Crippen molar-refractivity contribution in [3.63, 3.8) is 0 Å². The van der Waals surface area contributed by atoms with Gasteiger partial charge in [-0.3, -0.25) is 4.79 Å². The molecule has 0 aliphatic carbocycles. The molecule has 1 amide bonds. The molecular weight excluding hydrogens is 208 g/mol. The van der Waals surface area contributed by atoms with Crippen LogP contribution in [0.1, 0.15) is 26.7 Å². The maximum absolute atomic E-state index is 11.4. The van der Waals surface area contributed by atoms with Crippen LogP contribution < -0.4 is 10.6 Å². The molecule has 1 rings (SSSR count). The Morgan fingerprint density at radius 2 is 2.33 bits per heavy atom. The van der Waals surface area contributed by atoms with Crippen LogP contribution in [0.2, 0.25) is 0 Å². The van der Waals surface area contributed by atoms with Crippen LogP contribution in [-0.4, -0.2) is 18.5 Å². The standard InChI is InChI=1S/C11H18N2OS/c1-9(2)12-6-3-4-11(14)13-10-5-7-15-8-10/h5,7-9,12H,3-4,6H2,1-2H3,(H,13,14). The molecular formula is C11H18N2OS. The van der Waals surface area contributed by atoms with Crippen molar-refractivity contribution in [2.24, 2.45) is 0 Å². The number of anilines is 1. The molecule has 0 fully saturated rings. The average Bonchev–Trinajstić information content (AvgIpc) is 2.64. The number of amides is 1. The van der Waals surface area contributed by atoms with Gasteiger partial charge < -0.3 is 10.6 Å². The maximum Gasteiger partial charge on any atom is 0.224 e. The van der Waals surface area contributed by atoms with E-state index in [1.165, 1.54) is 0 Å². The first kappa shape index (κ1) is 12.2. The first-order valence-electron chi connectivity index (χ1n) is 5.24. The maximum atomic E-state index is 11.4. The summed E-state index contributed by atoms with van der Waals surface area (Å²) in [4.78, 5) is 11.4. The van der Waals surface area contributed by atoms with E-state index in [9.17, 15) is 4.79 Å². The lowest BCUT2D eigenvalue weighted by Crippen LogP contribution is -2.24. The van der Waals surface area contributed by atoms with Crippen molar-refractivity contribution in [3.8, 4) is 0 Å². The summed E-state index contributed by atoms with van der Waals surface area (Å²) in [6.07, 6.45) is 1.46. The number of carbonyl (C=O) groups excluding carboxylic acids is 1. The van der Waals surface area contributed by atoms with E-state index in [0.717, 1.165) is 18.7 Å². The second-order valence-corrected chi connectivity index (χ2v) is 4.55. The van der Waals surface area contributed by atoms with Gasteiger partial charge in [-0.05, 0) is 24.4 Å². The third-order valence-electron chi connectivity index (χ3n) is 1.94. The van der Waals surface area contributed by atoms with Gasteiger partial charge in [0.1, 0.15) is 0 Å². The Bertz CT molecular complexity index is 283. The van der Waals surface area contributed by atoms with Gasteiger partial charge in [-0.15, -0.1) is 0 Å². The van der Waals surface area contributed by atoms with E-state index in [4.69, 9.17) is 0 Å². The predicted octanol–water partition coefficient (Wildman–Crippen LogP) is 2.46. The zero-order chi connectivity index (χ0) is 11.1. The molecule has 0 aliphatic rings. The molecule has 0 bridgehead atoms. The number of thiophene rings is 1. The van der Waals surface area contributed by atoms with Gasteiger partial charge in [0, 0.05) is 17.8 Å². The van der Waals surface area contributed by atoms with Crippen molar-refractivity contribution in [2.45, 2.75) is 32.7 Å². The van der Waals surface area contributed by atoms with Gasteiger partial charge in [-0.2, -0.15) is 11.3 Å². The van der Waals surface area contributed by atoms with E-state index in [2.05, 4.69) is 24.5 Å². The molecule has 0 aromatic carbocycles. The minimum atomic E-state index is 0.0963. The Hall–Kier alpha value is -0.870. The third kappa shape index (κ3) is 5.54. The Morgan fingerprint density at radius 3 is 2.93 bits per heavy atom. The first-order chi connectivity index (χ1) is 7.18. The molecule has 0 radical (unpaired) electrons. The smallest absolute Gasteiger partial charge is 0.224 e. The van der Waals surface area contributed by atoms with Crippen molar-refractivity contribution in [1.29, 1.82) is 0 Å². The highest BCUT2D eigenvalue weighted by atomic mass is 32.1. The Morgan fingerprint density at radius 1 is 1.53 bits per heavy atom. The average molecular weight is 226 g/mol. The first-order valence-corrected chi connectivity index (χ1v) is 6.18. The number of rotatable bonds is 6.